The largest absolute Gasteiger partial charge is 0.364 e. The van der Waals surface area contributed by atoms with E-state index in [9.17, 15) is 4.79 Å². The minimum Gasteiger partial charge on any atom is -0.364 e. The first-order valence-corrected chi connectivity index (χ1v) is 14.8. The van der Waals surface area contributed by atoms with Gasteiger partial charge in [-0.25, -0.2) is 0 Å². The maximum absolute atomic E-state index is 14.5. The van der Waals surface area contributed by atoms with E-state index in [0.29, 0.717) is 23.8 Å². The lowest BCUT2D eigenvalue weighted by atomic mass is 9.69. The average molecular weight is 497 g/mol. The van der Waals surface area contributed by atoms with Gasteiger partial charge in [0.05, 0.1) is 5.92 Å². The summed E-state index contributed by atoms with van der Waals surface area (Å²) in [5, 5.41) is 7.45. The molecule has 5 rings (SSSR count). The second kappa shape index (κ2) is 10.5. The van der Waals surface area contributed by atoms with Crippen molar-refractivity contribution in [2.45, 2.75) is 76.3 Å². The van der Waals surface area contributed by atoms with Crippen LogP contribution in [0, 0.1) is 17.3 Å². The summed E-state index contributed by atoms with van der Waals surface area (Å²) in [6.45, 7) is 7.26. The van der Waals surface area contributed by atoms with E-state index in [2.05, 4.69) is 78.7 Å². The topological polar surface area (TPSA) is 47.6 Å². The zero-order valence-electron chi connectivity index (χ0n) is 22.1. The zero-order valence-corrected chi connectivity index (χ0v) is 22.9. The Morgan fingerprint density at radius 2 is 2.00 bits per heavy atom. The van der Waals surface area contributed by atoms with Crippen LogP contribution < -0.4 is 10.6 Å². The van der Waals surface area contributed by atoms with E-state index in [1.54, 1.807) is 0 Å². The van der Waals surface area contributed by atoms with Crippen LogP contribution in [-0.4, -0.2) is 61.0 Å². The summed E-state index contributed by atoms with van der Waals surface area (Å²) in [5.41, 5.74) is 3.09. The number of thioether (sulfide) groups is 1. The number of hydrogen-bond donors (Lipinski definition) is 2. The Bertz CT molecular complexity index is 930. The van der Waals surface area contributed by atoms with Crippen molar-refractivity contribution in [3.05, 3.63) is 46.5 Å². The third-order valence-corrected chi connectivity index (χ3v) is 11.0. The number of fused-ring (bicyclic) bond motifs is 1. The normalized spacial score (nSPS) is 33.0. The van der Waals surface area contributed by atoms with Gasteiger partial charge >= 0.3 is 0 Å². The molecule has 1 spiro atoms. The average Bonchev–Trinajstić information content (AvgIpc) is 3.51. The third-order valence-electron chi connectivity index (χ3n) is 9.32. The first-order valence-electron chi connectivity index (χ1n) is 13.9. The fraction of sp³-hybridized carbons (Fsp3) is 0.690. The molecule has 192 valence electrons. The van der Waals surface area contributed by atoms with Crippen LogP contribution in [0.3, 0.4) is 0 Å². The maximum atomic E-state index is 14.5. The van der Waals surface area contributed by atoms with Crippen molar-refractivity contribution in [1.82, 2.24) is 20.4 Å². The highest BCUT2D eigenvalue weighted by Crippen LogP contribution is 2.56. The van der Waals surface area contributed by atoms with Crippen LogP contribution in [0.2, 0.25) is 0 Å². The van der Waals surface area contributed by atoms with Gasteiger partial charge in [0.2, 0.25) is 5.91 Å². The summed E-state index contributed by atoms with van der Waals surface area (Å²) in [6, 6.07) is 11.3. The number of rotatable bonds is 6. The maximum Gasteiger partial charge on any atom is 0.228 e. The quantitative estimate of drug-likeness (QED) is 0.582. The van der Waals surface area contributed by atoms with Crippen LogP contribution in [0.4, 0.5) is 0 Å². The van der Waals surface area contributed by atoms with Crippen molar-refractivity contribution < 1.29 is 4.79 Å². The molecule has 0 bridgehead atoms. The number of hydrogen-bond acceptors (Lipinski definition) is 5. The number of carbonyl (C=O) groups is 1. The minimum atomic E-state index is -0.0398. The molecule has 0 radical (unpaired) electrons. The van der Waals surface area contributed by atoms with Gasteiger partial charge in [0, 0.05) is 41.7 Å². The fourth-order valence-electron chi connectivity index (χ4n) is 7.32. The molecule has 0 saturated carbocycles. The van der Waals surface area contributed by atoms with E-state index < -0.39 is 0 Å². The number of amides is 1. The number of piperidine rings is 1. The molecule has 0 aromatic heterocycles. The van der Waals surface area contributed by atoms with Gasteiger partial charge in [0.1, 0.15) is 5.50 Å². The van der Waals surface area contributed by atoms with Crippen molar-refractivity contribution in [2.24, 2.45) is 17.3 Å². The van der Waals surface area contributed by atoms with E-state index >= 15 is 0 Å². The van der Waals surface area contributed by atoms with Crippen molar-refractivity contribution >= 4 is 17.7 Å². The number of carbonyl (C=O) groups excluding carboxylic acids is 1. The molecular weight excluding hydrogens is 452 g/mol. The molecule has 2 saturated heterocycles. The van der Waals surface area contributed by atoms with Gasteiger partial charge in [0.25, 0.3) is 0 Å². The van der Waals surface area contributed by atoms with Gasteiger partial charge in [-0.3, -0.25) is 9.69 Å². The van der Waals surface area contributed by atoms with E-state index in [1.165, 1.54) is 22.6 Å². The molecule has 5 nitrogen and oxygen atoms in total. The Hall–Kier alpha value is -1.50. The Morgan fingerprint density at radius 3 is 2.71 bits per heavy atom. The van der Waals surface area contributed by atoms with E-state index in [1.807, 2.05) is 11.8 Å². The number of allylic oxidation sites excluding steroid dienone is 1. The Balaban J connectivity index is 1.41. The molecule has 4 aliphatic rings. The molecule has 1 unspecified atom stereocenters. The Labute approximate surface area is 216 Å². The number of nitrogens with one attached hydrogen (secondary N) is 2. The summed E-state index contributed by atoms with van der Waals surface area (Å²) in [6.07, 6.45) is 7.87. The minimum absolute atomic E-state index is 0.0398. The molecule has 35 heavy (non-hydrogen) atoms. The number of likely N-dealkylation sites (tertiary alicyclic amines) is 1. The van der Waals surface area contributed by atoms with Crippen molar-refractivity contribution in [3.63, 3.8) is 0 Å². The molecule has 3 heterocycles. The van der Waals surface area contributed by atoms with Crippen LogP contribution in [0.25, 0.3) is 0 Å². The lowest BCUT2D eigenvalue weighted by molar-refractivity contribution is -0.143. The zero-order chi connectivity index (χ0) is 24.6. The van der Waals surface area contributed by atoms with Crippen molar-refractivity contribution in [2.75, 3.05) is 33.7 Å². The molecule has 2 N–H and O–H groups in total. The molecule has 6 heteroatoms. The highest BCUT2D eigenvalue weighted by atomic mass is 32.2. The molecular formula is C29H44N4OS. The van der Waals surface area contributed by atoms with Gasteiger partial charge in [-0.1, -0.05) is 68.8 Å². The SMILES string of the molecule is CCC(CC)[C@@H]1C[C@H](c2ccccc2)CCN1C(=O)[C@@H]1CNC[C@]12CCCC1=C2SC(N(C)C)N1. The summed E-state index contributed by atoms with van der Waals surface area (Å²) in [5.74, 6) is 1.59. The molecule has 1 aromatic rings. The first-order chi connectivity index (χ1) is 17.0. The van der Waals surface area contributed by atoms with Gasteiger partial charge in [0.15, 0.2) is 0 Å². The van der Waals surface area contributed by atoms with Crippen molar-refractivity contribution in [1.29, 1.82) is 0 Å². The Kier molecular flexibility index (Phi) is 7.53. The fourth-order valence-corrected chi connectivity index (χ4v) is 8.81. The van der Waals surface area contributed by atoms with Crippen LogP contribution >= 0.6 is 11.8 Å². The number of nitrogens with zero attached hydrogens (tertiary/aromatic N) is 2. The standard InChI is InChI=1S/C29H44N4OS/c1-5-20(6-2)25-17-22(21-11-8-7-9-12-21)14-16-33(25)27(34)23-18-30-19-29(23)15-10-13-24-26(29)35-28(31-24)32(3)4/h7-9,11-12,20,22-23,25,28,30-31H,5-6,10,13-19H2,1-4H3/t22-,23+,25+,28?,29-/m1/s1. The first kappa shape index (κ1) is 25.2. The monoisotopic (exact) mass is 496 g/mol. The molecule has 1 aliphatic carbocycles. The smallest absolute Gasteiger partial charge is 0.228 e. The molecule has 2 fully saturated rings. The predicted molar refractivity (Wildman–Crippen MR) is 146 cm³/mol. The predicted octanol–water partition coefficient (Wildman–Crippen LogP) is 4.98. The summed E-state index contributed by atoms with van der Waals surface area (Å²) in [4.78, 5) is 20.6. The highest BCUT2D eigenvalue weighted by Gasteiger charge is 2.55. The lowest BCUT2D eigenvalue weighted by Crippen LogP contribution is -2.54. The molecule has 5 atom stereocenters. The van der Waals surface area contributed by atoms with Crippen LogP contribution in [0.15, 0.2) is 40.9 Å². The molecule has 1 amide bonds. The van der Waals surface area contributed by atoms with Gasteiger partial charge in [-0.15, -0.1) is 0 Å². The van der Waals surface area contributed by atoms with Crippen molar-refractivity contribution in [3.8, 4) is 0 Å². The van der Waals surface area contributed by atoms with Crippen LogP contribution in [0.5, 0.6) is 0 Å². The van der Waals surface area contributed by atoms with Gasteiger partial charge < -0.3 is 15.5 Å². The van der Waals surface area contributed by atoms with E-state index in [0.717, 1.165) is 58.2 Å². The lowest BCUT2D eigenvalue weighted by Gasteiger charge is -2.47. The van der Waals surface area contributed by atoms with Gasteiger partial charge in [-0.05, 0) is 63.6 Å². The third kappa shape index (κ3) is 4.55. The summed E-state index contributed by atoms with van der Waals surface area (Å²) in [7, 11) is 4.28. The summed E-state index contributed by atoms with van der Waals surface area (Å²) >= 11 is 1.96. The highest BCUT2D eigenvalue weighted by molar-refractivity contribution is 8.03. The second-order valence-electron chi connectivity index (χ2n) is 11.4. The van der Waals surface area contributed by atoms with E-state index in [4.69, 9.17) is 0 Å². The Morgan fingerprint density at radius 1 is 1.23 bits per heavy atom. The van der Waals surface area contributed by atoms with E-state index in [-0.39, 0.29) is 16.8 Å². The second-order valence-corrected chi connectivity index (χ2v) is 12.5. The molecule has 3 aliphatic heterocycles. The summed E-state index contributed by atoms with van der Waals surface area (Å²) < 4.78 is 0. The van der Waals surface area contributed by atoms with Gasteiger partial charge in [-0.2, -0.15) is 0 Å². The van der Waals surface area contributed by atoms with Crippen LogP contribution in [-0.2, 0) is 4.79 Å². The number of benzene rings is 1. The van der Waals surface area contributed by atoms with Crippen LogP contribution in [0.1, 0.15) is 70.3 Å². The molecule has 1 aromatic carbocycles.